The number of amides is 1. The second kappa shape index (κ2) is 8.05. The van der Waals surface area contributed by atoms with E-state index in [2.05, 4.69) is 15.2 Å². The zero-order chi connectivity index (χ0) is 20.4. The van der Waals surface area contributed by atoms with Gasteiger partial charge in [-0.3, -0.25) is 9.78 Å². The number of halogens is 3. The SMILES string of the molecule is O=C(Nc1cc(C(F)(F)F)ccc1N1CCCC2CCCCC21)c1ccncc1. The summed E-state index contributed by atoms with van der Waals surface area (Å²) in [5.41, 5.74) is 0.492. The number of rotatable bonds is 3. The summed E-state index contributed by atoms with van der Waals surface area (Å²) in [7, 11) is 0. The molecule has 29 heavy (non-hydrogen) atoms. The van der Waals surface area contributed by atoms with Gasteiger partial charge in [0.15, 0.2) is 0 Å². The Labute approximate surface area is 168 Å². The van der Waals surface area contributed by atoms with Gasteiger partial charge in [-0.1, -0.05) is 12.8 Å². The van der Waals surface area contributed by atoms with Gasteiger partial charge in [0.05, 0.1) is 16.9 Å². The van der Waals surface area contributed by atoms with Crippen molar-refractivity contribution >= 4 is 17.3 Å². The Morgan fingerprint density at radius 1 is 1.03 bits per heavy atom. The maximum atomic E-state index is 13.3. The molecule has 2 fully saturated rings. The zero-order valence-corrected chi connectivity index (χ0v) is 16.1. The number of nitrogens with one attached hydrogen (secondary N) is 1. The molecule has 2 aromatic rings. The first-order valence-electron chi connectivity index (χ1n) is 10.1. The van der Waals surface area contributed by atoms with E-state index >= 15 is 0 Å². The molecule has 0 spiro atoms. The van der Waals surface area contributed by atoms with Gasteiger partial charge in [0.1, 0.15) is 0 Å². The highest BCUT2D eigenvalue weighted by Gasteiger charge is 2.36. The van der Waals surface area contributed by atoms with E-state index in [0.29, 0.717) is 23.2 Å². The summed E-state index contributed by atoms with van der Waals surface area (Å²) in [6.07, 6.45) is 5.25. The van der Waals surface area contributed by atoms with Gasteiger partial charge in [0, 0.05) is 30.5 Å². The number of carbonyl (C=O) groups excluding carboxylic acids is 1. The van der Waals surface area contributed by atoms with Crippen LogP contribution < -0.4 is 10.2 Å². The number of carbonyl (C=O) groups is 1. The van der Waals surface area contributed by atoms with Crippen molar-refractivity contribution in [1.82, 2.24) is 4.98 Å². The Hall–Kier alpha value is -2.57. The van der Waals surface area contributed by atoms with E-state index in [-0.39, 0.29) is 5.69 Å². The van der Waals surface area contributed by atoms with Gasteiger partial charge in [0.2, 0.25) is 0 Å². The van der Waals surface area contributed by atoms with E-state index in [0.717, 1.165) is 37.9 Å². The molecule has 4 rings (SSSR count). The van der Waals surface area contributed by atoms with Crippen molar-refractivity contribution in [3.63, 3.8) is 0 Å². The Morgan fingerprint density at radius 3 is 2.52 bits per heavy atom. The second-order valence-corrected chi connectivity index (χ2v) is 7.87. The summed E-state index contributed by atoms with van der Waals surface area (Å²) in [5, 5.41) is 2.72. The van der Waals surface area contributed by atoms with Gasteiger partial charge < -0.3 is 10.2 Å². The lowest BCUT2D eigenvalue weighted by atomic mass is 9.78. The average Bonchev–Trinajstić information content (AvgIpc) is 2.73. The van der Waals surface area contributed by atoms with Crippen LogP contribution in [-0.4, -0.2) is 23.5 Å². The van der Waals surface area contributed by atoms with Crippen LogP contribution in [0, 0.1) is 5.92 Å². The lowest BCUT2D eigenvalue weighted by Crippen LogP contribution is -2.47. The van der Waals surface area contributed by atoms with Gasteiger partial charge in [-0.2, -0.15) is 13.2 Å². The molecule has 1 aliphatic heterocycles. The smallest absolute Gasteiger partial charge is 0.367 e. The van der Waals surface area contributed by atoms with Crippen LogP contribution in [0.3, 0.4) is 0 Å². The number of benzene rings is 1. The van der Waals surface area contributed by atoms with Crippen LogP contribution in [0.1, 0.15) is 54.4 Å². The number of piperidine rings is 1. The number of fused-ring (bicyclic) bond motifs is 1. The monoisotopic (exact) mass is 403 g/mol. The third-order valence-corrected chi connectivity index (χ3v) is 6.07. The van der Waals surface area contributed by atoms with Crippen LogP contribution in [0.15, 0.2) is 42.7 Å². The Kier molecular flexibility index (Phi) is 5.48. The molecule has 2 aliphatic rings. The fraction of sp³-hybridized carbons (Fsp3) is 0.455. The number of anilines is 2. The van der Waals surface area contributed by atoms with E-state index in [1.165, 1.54) is 37.7 Å². The first kappa shape index (κ1) is 19.7. The fourth-order valence-corrected chi connectivity index (χ4v) is 4.68. The van der Waals surface area contributed by atoms with Crippen LogP contribution in [0.25, 0.3) is 0 Å². The number of aromatic nitrogens is 1. The van der Waals surface area contributed by atoms with Gasteiger partial charge in [-0.15, -0.1) is 0 Å². The largest absolute Gasteiger partial charge is 0.416 e. The van der Waals surface area contributed by atoms with E-state index < -0.39 is 17.6 Å². The summed E-state index contributed by atoms with van der Waals surface area (Å²) < 4.78 is 40.0. The van der Waals surface area contributed by atoms with Crippen LogP contribution >= 0.6 is 0 Å². The molecule has 1 saturated heterocycles. The Balaban J connectivity index is 1.70. The van der Waals surface area contributed by atoms with Gasteiger partial charge in [0.25, 0.3) is 5.91 Å². The van der Waals surface area contributed by atoms with Gasteiger partial charge in [-0.25, -0.2) is 0 Å². The summed E-state index contributed by atoms with van der Waals surface area (Å²) in [6.45, 7) is 0.796. The highest BCUT2D eigenvalue weighted by molar-refractivity contribution is 6.06. The zero-order valence-electron chi connectivity index (χ0n) is 16.1. The van der Waals surface area contributed by atoms with Crippen LogP contribution in [0.4, 0.5) is 24.5 Å². The van der Waals surface area contributed by atoms with Crippen LogP contribution in [-0.2, 0) is 6.18 Å². The number of hydrogen-bond donors (Lipinski definition) is 1. The van der Waals surface area contributed by atoms with Crippen molar-refractivity contribution in [2.24, 2.45) is 5.92 Å². The molecule has 2 heterocycles. The standard InChI is InChI=1S/C22H24F3N3O/c23-22(24,25)17-7-8-20(28-13-3-5-15-4-1-2-6-19(15)28)18(14-17)27-21(29)16-9-11-26-12-10-16/h7-12,14-15,19H,1-6,13H2,(H,27,29). The minimum atomic E-state index is -4.47. The number of alkyl halides is 3. The Bertz CT molecular complexity index is 867. The first-order chi connectivity index (χ1) is 13.9. The van der Waals surface area contributed by atoms with Gasteiger partial charge >= 0.3 is 6.18 Å². The quantitative estimate of drug-likeness (QED) is 0.735. The number of pyridine rings is 1. The van der Waals surface area contributed by atoms with E-state index in [1.807, 2.05) is 0 Å². The topological polar surface area (TPSA) is 45.2 Å². The Morgan fingerprint density at radius 2 is 1.76 bits per heavy atom. The predicted octanol–water partition coefficient (Wildman–Crippen LogP) is 5.51. The molecule has 2 atom stereocenters. The molecule has 1 N–H and O–H groups in total. The molecule has 0 radical (unpaired) electrons. The van der Waals surface area contributed by atoms with Crippen LogP contribution in [0.5, 0.6) is 0 Å². The molecule has 7 heteroatoms. The van der Waals surface area contributed by atoms with E-state index in [1.54, 1.807) is 12.1 Å². The third kappa shape index (κ3) is 4.23. The molecule has 1 aromatic carbocycles. The molecule has 1 aliphatic carbocycles. The number of nitrogens with zero attached hydrogens (tertiary/aromatic N) is 2. The molecule has 1 amide bonds. The second-order valence-electron chi connectivity index (χ2n) is 7.87. The molecule has 1 saturated carbocycles. The maximum Gasteiger partial charge on any atom is 0.416 e. The lowest BCUT2D eigenvalue weighted by molar-refractivity contribution is -0.137. The van der Waals surface area contributed by atoms with E-state index in [9.17, 15) is 18.0 Å². The molecule has 2 unspecified atom stereocenters. The molecular formula is C22H24F3N3O. The fourth-order valence-electron chi connectivity index (χ4n) is 4.68. The predicted molar refractivity (Wildman–Crippen MR) is 106 cm³/mol. The molecule has 154 valence electrons. The van der Waals surface area contributed by atoms with Crippen molar-refractivity contribution in [3.8, 4) is 0 Å². The minimum absolute atomic E-state index is 0.216. The normalized spacial score (nSPS) is 22.1. The van der Waals surface area contributed by atoms with E-state index in [4.69, 9.17) is 0 Å². The average molecular weight is 403 g/mol. The number of hydrogen-bond acceptors (Lipinski definition) is 3. The van der Waals surface area contributed by atoms with Gasteiger partial charge in [-0.05, 0) is 61.9 Å². The highest BCUT2D eigenvalue weighted by Crippen LogP contribution is 2.42. The van der Waals surface area contributed by atoms with Crippen molar-refractivity contribution in [1.29, 1.82) is 0 Å². The first-order valence-corrected chi connectivity index (χ1v) is 10.1. The van der Waals surface area contributed by atoms with Crippen molar-refractivity contribution in [3.05, 3.63) is 53.9 Å². The third-order valence-electron chi connectivity index (χ3n) is 6.07. The van der Waals surface area contributed by atoms with Crippen LogP contribution in [0.2, 0.25) is 0 Å². The molecule has 4 nitrogen and oxygen atoms in total. The summed E-state index contributed by atoms with van der Waals surface area (Å²) in [4.78, 5) is 18.8. The summed E-state index contributed by atoms with van der Waals surface area (Å²) in [5.74, 6) is 0.133. The lowest BCUT2D eigenvalue weighted by Gasteiger charge is -2.46. The minimum Gasteiger partial charge on any atom is -0.367 e. The molecular weight excluding hydrogens is 379 g/mol. The molecule has 0 bridgehead atoms. The van der Waals surface area contributed by atoms with Crippen molar-refractivity contribution in [2.75, 3.05) is 16.8 Å². The van der Waals surface area contributed by atoms with Crippen molar-refractivity contribution < 1.29 is 18.0 Å². The van der Waals surface area contributed by atoms with Crippen molar-refractivity contribution in [2.45, 2.75) is 50.7 Å². The summed E-state index contributed by atoms with van der Waals surface area (Å²) >= 11 is 0. The molecule has 1 aromatic heterocycles. The maximum absolute atomic E-state index is 13.3. The highest BCUT2D eigenvalue weighted by atomic mass is 19.4. The summed E-state index contributed by atoms with van der Waals surface area (Å²) in [6, 6.07) is 7.10.